The van der Waals surface area contributed by atoms with E-state index in [2.05, 4.69) is 25.5 Å². The molecule has 10 nitrogen and oxygen atoms in total. The predicted octanol–water partition coefficient (Wildman–Crippen LogP) is 2.36. The smallest absolute Gasteiger partial charge is 0.231 e. The largest absolute Gasteiger partial charge is 0.345 e. The Labute approximate surface area is 184 Å². The van der Waals surface area contributed by atoms with Gasteiger partial charge in [-0.1, -0.05) is 6.07 Å². The Morgan fingerprint density at radius 1 is 1.00 bits per heavy atom. The number of nitrogens with zero attached hydrogens (tertiary/aromatic N) is 8. The highest BCUT2D eigenvalue weighted by Gasteiger charge is 2.32. The van der Waals surface area contributed by atoms with E-state index in [1.54, 1.807) is 20.5 Å². The van der Waals surface area contributed by atoms with Gasteiger partial charge in [0.2, 0.25) is 11.9 Å². The molecule has 1 atom stereocenters. The SMILES string of the molecule is CN1CCC(c2cc(-c3cccc(-c4ccnc(Nc5ccn(C)n5)n4)n3)n(C)n2)C1=O. The van der Waals surface area contributed by atoms with Gasteiger partial charge in [0.1, 0.15) is 0 Å². The molecule has 4 aromatic rings. The van der Waals surface area contributed by atoms with Gasteiger partial charge >= 0.3 is 0 Å². The molecule has 32 heavy (non-hydrogen) atoms. The monoisotopic (exact) mass is 429 g/mol. The van der Waals surface area contributed by atoms with Gasteiger partial charge in [-0.05, 0) is 30.7 Å². The van der Waals surface area contributed by atoms with Gasteiger partial charge in [0.25, 0.3) is 0 Å². The van der Waals surface area contributed by atoms with Crippen LogP contribution >= 0.6 is 0 Å². The molecule has 10 heteroatoms. The number of hydrogen-bond acceptors (Lipinski definition) is 7. The molecular formula is C22H23N9O. The Balaban J connectivity index is 1.43. The molecule has 1 fully saturated rings. The van der Waals surface area contributed by atoms with Crippen molar-refractivity contribution in [2.45, 2.75) is 12.3 Å². The van der Waals surface area contributed by atoms with E-state index >= 15 is 0 Å². The third kappa shape index (κ3) is 3.70. The number of hydrogen-bond donors (Lipinski definition) is 1. The third-order valence-electron chi connectivity index (χ3n) is 5.57. The normalized spacial score (nSPS) is 16.0. The highest BCUT2D eigenvalue weighted by atomic mass is 16.2. The fourth-order valence-electron chi connectivity index (χ4n) is 3.87. The van der Waals surface area contributed by atoms with Crippen LogP contribution in [0.25, 0.3) is 22.8 Å². The van der Waals surface area contributed by atoms with Gasteiger partial charge in [-0.15, -0.1) is 0 Å². The first-order chi connectivity index (χ1) is 15.5. The summed E-state index contributed by atoms with van der Waals surface area (Å²) in [4.78, 5) is 27.8. The number of likely N-dealkylation sites (N-methyl/N-ethyl adjacent to an activating group) is 1. The maximum Gasteiger partial charge on any atom is 0.231 e. The number of carbonyl (C=O) groups is 1. The van der Waals surface area contributed by atoms with Gasteiger partial charge in [0.05, 0.1) is 34.4 Å². The van der Waals surface area contributed by atoms with Crippen molar-refractivity contribution in [2.75, 3.05) is 18.9 Å². The van der Waals surface area contributed by atoms with Crippen LogP contribution in [-0.2, 0) is 18.9 Å². The standard InChI is InChI=1S/C22H23N9O/c1-29-11-8-14(21(29)32)18-13-19(31(3)27-18)17-6-4-5-15(24-17)16-7-10-23-22(25-16)26-20-9-12-30(2)28-20/h4-7,9-10,12-14H,8,11H2,1-3H3,(H,23,25,26,28). The molecule has 0 bridgehead atoms. The molecule has 4 aromatic heterocycles. The molecule has 5 heterocycles. The van der Waals surface area contributed by atoms with Gasteiger partial charge in [0, 0.05) is 46.1 Å². The molecule has 0 aromatic carbocycles. The minimum Gasteiger partial charge on any atom is -0.345 e. The van der Waals surface area contributed by atoms with Crippen LogP contribution < -0.4 is 5.32 Å². The van der Waals surface area contributed by atoms with Crippen molar-refractivity contribution in [3.63, 3.8) is 0 Å². The number of nitrogens with one attached hydrogen (secondary N) is 1. The van der Waals surface area contributed by atoms with Crippen LogP contribution in [0.15, 0.2) is 48.8 Å². The Bertz CT molecular complexity index is 1290. The Hall–Kier alpha value is -4.08. The van der Waals surface area contributed by atoms with Crippen molar-refractivity contribution in [1.82, 2.24) is 39.4 Å². The fraction of sp³-hybridized carbons (Fsp3) is 0.273. The molecule has 162 valence electrons. The molecule has 0 spiro atoms. The summed E-state index contributed by atoms with van der Waals surface area (Å²) in [7, 11) is 5.55. The first-order valence-corrected chi connectivity index (χ1v) is 10.3. The lowest BCUT2D eigenvalue weighted by Gasteiger charge is -2.07. The zero-order chi connectivity index (χ0) is 22.2. The summed E-state index contributed by atoms with van der Waals surface area (Å²) in [5.41, 5.74) is 3.81. The average molecular weight is 429 g/mol. The quantitative estimate of drug-likeness (QED) is 0.519. The van der Waals surface area contributed by atoms with Gasteiger partial charge in [-0.3, -0.25) is 14.2 Å². The highest BCUT2D eigenvalue weighted by Crippen LogP contribution is 2.30. The number of pyridine rings is 1. The second-order valence-electron chi connectivity index (χ2n) is 7.85. The molecule has 0 saturated carbocycles. The van der Waals surface area contributed by atoms with E-state index < -0.39 is 0 Å². The molecule has 1 N–H and O–H groups in total. The molecule has 1 saturated heterocycles. The highest BCUT2D eigenvalue weighted by molar-refractivity contribution is 5.85. The van der Waals surface area contributed by atoms with Crippen LogP contribution in [0.4, 0.5) is 11.8 Å². The van der Waals surface area contributed by atoms with Gasteiger partial charge in [-0.25, -0.2) is 15.0 Å². The molecule has 1 aliphatic heterocycles. The number of carbonyl (C=O) groups excluding carboxylic acids is 1. The molecule has 1 unspecified atom stereocenters. The summed E-state index contributed by atoms with van der Waals surface area (Å²) in [6.45, 7) is 0.756. The fourth-order valence-corrected chi connectivity index (χ4v) is 3.87. The van der Waals surface area contributed by atoms with E-state index in [4.69, 9.17) is 4.98 Å². The molecule has 1 amide bonds. The first-order valence-electron chi connectivity index (χ1n) is 10.3. The van der Waals surface area contributed by atoms with E-state index in [-0.39, 0.29) is 11.8 Å². The molecule has 0 aliphatic carbocycles. The summed E-state index contributed by atoms with van der Waals surface area (Å²) < 4.78 is 3.48. The van der Waals surface area contributed by atoms with E-state index in [9.17, 15) is 4.79 Å². The maximum atomic E-state index is 12.4. The summed E-state index contributed by atoms with van der Waals surface area (Å²) in [5.74, 6) is 1.04. The molecule has 1 aliphatic rings. The summed E-state index contributed by atoms with van der Waals surface area (Å²) >= 11 is 0. The van der Waals surface area contributed by atoms with E-state index in [1.165, 1.54) is 0 Å². The van der Waals surface area contributed by atoms with Crippen LogP contribution in [0.2, 0.25) is 0 Å². The van der Waals surface area contributed by atoms with Crippen molar-refractivity contribution in [3.8, 4) is 22.8 Å². The maximum absolute atomic E-state index is 12.4. The van der Waals surface area contributed by atoms with E-state index in [0.717, 1.165) is 30.0 Å². The lowest BCUT2D eigenvalue weighted by molar-refractivity contribution is -0.127. The zero-order valence-corrected chi connectivity index (χ0v) is 18.1. The number of likely N-dealkylation sites (tertiary alicyclic amines) is 1. The lowest BCUT2D eigenvalue weighted by Crippen LogP contribution is -2.21. The Morgan fingerprint density at radius 3 is 2.56 bits per heavy atom. The van der Waals surface area contributed by atoms with Crippen LogP contribution in [-0.4, -0.2) is 58.9 Å². The number of amides is 1. The van der Waals surface area contributed by atoms with Crippen molar-refractivity contribution >= 4 is 17.7 Å². The number of aromatic nitrogens is 7. The topological polar surface area (TPSA) is 107 Å². The number of anilines is 2. The van der Waals surface area contributed by atoms with Gasteiger partial charge in [-0.2, -0.15) is 10.2 Å². The van der Waals surface area contributed by atoms with Crippen LogP contribution in [0.5, 0.6) is 0 Å². The van der Waals surface area contributed by atoms with Crippen molar-refractivity contribution in [3.05, 3.63) is 54.5 Å². The second kappa shape index (κ2) is 7.88. The number of rotatable bonds is 5. The van der Waals surface area contributed by atoms with Crippen molar-refractivity contribution in [2.24, 2.45) is 14.1 Å². The minimum atomic E-state index is -0.190. The van der Waals surface area contributed by atoms with Crippen LogP contribution in [0, 0.1) is 0 Å². The first kappa shape index (κ1) is 19.9. The summed E-state index contributed by atoms with van der Waals surface area (Å²) in [6, 6.07) is 11.4. The third-order valence-corrected chi connectivity index (χ3v) is 5.57. The van der Waals surface area contributed by atoms with Crippen LogP contribution in [0.1, 0.15) is 18.0 Å². The van der Waals surface area contributed by atoms with Crippen molar-refractivity contribution in [1.29, 1.82) is 0 Å². The van der Waals surface area contributed by atoms with Gasteiger partial charge < -0.3 is 10.2 Å². The van der Waals surface area contributed by atoms with E-state index in [0.29, 0.717) is 23.2 Å². The Kier molecular flexibility index (Phi) is 4.89. The molecule has 5 rings (SSSR count). The second-order valence-corrected chi connectivity index (χ2v) is 7.85. The summed E-state index contributed by atoms with van der Waals surface area (Å²) in [5, 5.41) is 12.0. The molecular weight excluding hydrogens is 406 g/mol. The minimum absolute atomic E-state index is 0.116. The van der Waals surface area contributed by atoms with Crippen LogP contribution in [0.3, 0.4) is 0 Å². The predicted molar refractivity (Wildman–Crippen MR) is 119 cm³/mol. The van der Waals surface area contributed by atoms with E-state index in [1.807, 2.05) is 63.7 Å². The number of aryl methyl sites for hydroxylation is 2. The Morgan fingerprint density at radius 2 is 1.81 bits per heavy atom. The molecule has 0 radical (unpaired) electrons. The average Bonchev–Trinajstić information content (AvgIpc) is 3.48. The summed E-state index contributed by atoms with van der Waals surface area (Å²) in [6.07, 6.45) is 4.31. The zero-order valence-electron chi connectivity index (χ0n) is 18.1. The lowest BCUT2D eigenvalue weighted by atomic mass is 10.0. The van der Waals surface area contributed by atoms with Crippen molar-refractivity contribution < 1.29 is 4.79 Å². The van der Waals surface area contributed by atoms with Gasteiger partial charge in [0.15, 0.2) is 5.82 Å².